The van der Waals surface area contributed by atoms with E-state index in [-0.39, 0.29) is 0 Å². The molecule has 0 aliphatic heterocycles. The summed E-state index contributed by atoms with van der Waals surface area (Å²) in [6.07, 6.45) is 5.00. The molecule has 0 saturated carbocycles. The standard InChI is InChI=1S/C15H21BrO/c1-2-17-11-10-13-8-5-7-12-6-3-4-9-14(12)15(13)16/h3-4,6,9,13,15H,2,5,7-8,10-11H2,1H3. The molecule has 0 bridgehead atoms. The molecule has 1 aliphatic rings. The van der Waals surface area contributed by atoms with Gasteiger partial charge in [0.15, 0.2) is 0 Å². The van der Waals surface area contributed by atoms with Gasteiger partial charge in [-0.1, -0.05) is 40.2 Å². The molecule has 1 aliphatic carbocycles. The molecule has 0 aromatic heterocycles. The minimum absolute atomic E-state index is 0.502. The molecule has 1 aromatic carbocycles. The van der Waals surface area contributed by atoms with Gasteiger partial charge in [-0.15, -0.1) is 0 Å². The highest BCUT2D eigenvalue weighted by Gasteiger charge is 2.24. The van der Waals surface area contributed by atoms with Crippen LogP contribution in [0.5, 0.6) is 0 Å². The van der Waals surface area contributed by atoms with Gasteiger partial charge in [-0.3, -0.25) is 0 Å². The number of hydrogen-bond donors (Lipinski definition) is 0. The first-order valence-corrected chi connectivity index (χ1v) is 7.54. The van der Waals surface area contributed by atoms with Crippen LogP contribution in [0.15, 0.2) is 24.3 Å². The summed E-state index contributed by atoms with van der Waals surface area (Å²) in [5.74, 6) is 0.713. The average Bonchev–Trinajstić information content (AvgIpc) is 2.51. The SMILES string of the molecule is CCOCCC1CCCc2ccccc2C1Br. The van der Waals surface area contributed by atoms with E-state index < -0.39 is 0 Å². The molecule has 0 saturated heterocycles. The molecule has 2 unspecified atom stereocenters. The lowest BCUT2D eigenvalue weighted by atomic mass is 9.94. The molecular weight excluding hydrogens is 276 g/mol. The highest BCUT2D eigenvalue weighted by Crippen LogP contribution is 2.40. The lowest BCUT2D eigenvalue weighted by molar-refractivity contribution is 0.130. The zero-order valence-electron chi connectivity index (χ0n) is 10.5. The molecular formula is C15H21BrO. The van der Waals surface area contributed by atoms with E-state index in [1.807, 2.05) is 0 Å². The highest BCUT2D eigenvalue weighted by molar-refractivity contribution is 9.09. The second-order valence-corrected chi connectivity index (χ2v) is 5.72. The van der Waals surface area contributed by atoms with E-state index in [9.17, 15) is 0 Å². The molecule has 2 atom stereocenters. The summed E-state index contributed by atoms with van der Waals surface area (Å²) in [7, 11) is 0. The monoisotopic (exact) mass is 296 g/mol. The summed E-state index contributed by atoms with van der Waals surface area (Å²) < 4.78 is 5.49. The van der Waals surface area contributed by atoms with Gasteiger partial charge >= 0.3 is 0 Å². The third-order valence-corrected chi connectivity index (χ3v) is 4.87. The van der Waals surface area contributed by atoms with Gasteiger partial charge < -0.3 is 4.74 Å². The van der Waals surface area contributed by atoms with E-state index in [1.54, 1.807) is 0 Å². The van der Waals surface area contributed by atoms with Gasteiger partial charge in [-0.05, 0) is 49.7 Å². The van der Waals surface area contributed by atoms with E-state index in [2.05, 4.69) is 47.1 Å². The van der Waals surface area contributed by atoms with Crippen molar-refractivity contribution in [2.24, 2.45) is 5.92 Å². The first-order chi connectivity index (χ1) is 8.33. The molecule has 0 amide bonds. The molecule has 17 heavy (non-hydrogen) atoms. The number of rotatable bonds is 4. The van der Waals surface area contributed by atoms with Crippen molar-refractivity contribution in [1.29, 1.82) is 0 Å². The highest BCUT2D eigenvalue weighted by atomic mass is 79.9. The molecule has 2 rings (SSSR count). The number of fused-ring (bicyclic) bond motifs is 1. The van der Waals surface area contributed by atoms with Crippen LogP contribution in [0.3, 0.4) is 0 Å². The van der Waals surface area contributed by atoms with Crippen LogP contribution in [-0.2, 0) is 11.2 Å². The number of halogens is 1. The largest absolute Gasteiger partial charge is 0.382 e. The molecule has 1 nitrogen and oxygen atoms in total. The third-order valence-electron chi connectivity index (χ3n) is 3.62. The van der Waals surface area contributed by atoms with Gasteiger partial charge in [0.1, 0.15) is 0 Å². The van der Waals surface area contributed by atoms with Crippen LogP contribution in [0.2, 0.25) is 0 Å². The summed E-state index contributed by atoms with van der Waals surface area (Å²) in [5, 5.41) is 0. The second-order valence-electron chi connectivity index (χ2n) is 4.74. The van der Waals surface area contributed by atoms with Crippen LogP contribution >= 0.6 is 15.9 Å². The second kappa shape index (κ2) is 6.55. The Kier molecular flexibility index (Phi) is 5.05. The predicted octanol–water partition coefficient (Wildman–Crippen LogP) is 4.50. The molecule has 0 fully saturated rings. The Bertz CT molecular complexity index is 351. The minimum atomic E-state index is 0.502. The maximum atomic E-state index is 5.49. The van der Waals surface area contributed by atoms with Gasteiger partial charge in [-0.25, -0.2) is 0 Å². The van der Waals surface area contributed by atoms with Crippen molar-refractivity contribution in [3.8, 4) is 0 Å². The summed E-state index contributed by atoms with van der Waals surface area (Å²) in [6.45, 7) is 3.79. The first kappa shape index (κ1) is 13.1. The smallest absolute Gasteiger partial charge is 0.0469 e. The van der Waals surface area contributed by atoms with Gasteiger partial charge in [0, 0.05) is 18.0 Å². The van der Waals surface area contributed by atoms with E-state index in [0.29, 0.717) is 10.7 Å². The lowest BCUT2D eigenvalue weighted by Crippen LogP contribution is -2.10. The molecule has 0 radical (unpaired) electrons. The van der Waals surface area contributed by atoms with Crippen LogP contribution in [0.25, 0.3) is 0 Å². The molecule has 0 spiro atoms. The number of aryl methyl sites for hydroxylation is 1. The fraction of sp³-hybridized carbons (Fsp3) is 0.600. The summed E-state index contributed by atoms with van der Waals surface area (Å²) in [5.41, 5.74) is 3.01. The molecule has 1 aromatic rings. The Balaban J connectivity index is 2.06. The van der Waals surface area contributed by atoms with Gasteiger partial charge in [0.05, 0.1) is 0 Å². The number of hydrogen-bond acceptors (Lipinski definition) is 1. The van der Waals surface area contributed by atoms with Crippen molar-refractivity contribution in [3.05, 3.63) is 35.4 Å². The van der Waals surface area contributed by atoms with Crippen LogP contribution in [0.1, 0.15) is 42.1 Å². The normalized spacial score (nSPS) is 24.1. The average molecular weight is 297 g/mol. The number of benzene rings is 1. The van der Waals surface area contributed by atoms with Crippen molar-refractivity contribution < 1.29 is 4.74 Å². The summed E-state index contributed by atoms with van der Waals surface area (Å²) in [4.78, 5) is 0.502. The topological polar surface area (TPSA) is 9.23 Å². The zero-order chi connectivity index (χ0) is 12.1. The Morgan fingerprint density at radius 2 is 2.18 bits per heavy atom. The van der Waals surface area contributed by atoms with Crippen LogP contribution in [0, 0.1) is 5.92 Å². The Hall–Kier alpha value is -0.340. The number of ether oxygens (including phenoxy) is 1. The fourth-order valence-corrected chi connectivity index (χ4v) is 3.63. The molecule has 2 heteroatoms. The van der Waals surface area contributed by atoms with E-state index >= 15 is 0 Å². The summed E-state index contributed by atoms with van der Waals surface area (Å²) in [6, 6.07) is 8.85. The van der Waals surface area contributed by atoms with Crippen molar-refractivity contribution in [1.82, 2.24) is 0 Å². The van der Waals surface area contributed by atoms with Gasteiger partial charge in [-0.2, -0.15) is 0 Å². The van der Waals surface area contributed by atoms with Crippen LogP contribution in [0.4, 0.5) is 0 Å². The van der Waals surface area contributed by atoms with Crippen molar-refractivity contribution in [2.75, 3.05) is 13.2 Å². The van der Waals surface area contributed by atoms with Gasteiger partial charge in [0.2, 0.25) is 0 Å². The van der Waals surface area contributed by atoms with E-state index in [0.717, 1.165) is 19.6 Å². The molecule has 0 N–H and O–H groups in total. The first-order valence-electron chi connectivity index (χ1n) is 6.62. The third kappa shape index (κ3) is 3.32. The van der Waals surface area contributed by atoms with Crippen molar-refractivity contribution >= 4 is 15.9 Å². The van der Waals surface area contributed by atoms with Crippen LogP contribution in [-0.4, -0.2) is 13.2 Å². The predicted molar refractivity (Wildman–Crippen MR) is 75.6 cm³/mol. The Morgan fingerprint density at radius 3 is 3.00 bits per heavy atom. The molecule has 94 valence electrons. The minimum Gasteiger partial charge on any atom is -0.382 e. The van der Waals surface area contributed by atoms with Crippen molar-refractivity contribution in [3.63, 3.8) is 0 Å². The lowest BCUT2D eigenvalue weighted by Gasteiger charge is -2.21. The molecule has 0 heterocycles. The quantitative estimate of drug-likeness (QED) is 0.451. The Morgan fingerprint density at radius 1 is 1.35 bits per heavy atom. The van der Waals surface area contributed by atoms with Gasteiger partial charge in [0.25, 0.3) is 0 Å². The van der Waals surface area contributed by atoms with E-state index in [4.69, 9.17) is 4.74 Å². The fourth-order valence-electron chi connectivity index (χ4n) is 2.66. The zero-order valence-corrected chi connectivity index (χ0v) is 12.1. The maximum absolute atomic E-state index is 5.49. The summed E-state index contributed by atoms with van der Waals surface area (Å²) >= 11 is 3.90. The Labute approximate surface area is 113 Å². The maximum Gasteiger partial charge on any atom is 0.0469 e. The van der Waals surface area contributed by atoms with Crippen LogP contribution < -0.4 is 0 Å². The number of alkyl halides is 1. The van der Waals surface area contributed by atoms with E-state index in [1.165, 1.54) is 30.4 Å². The van der Waals surface area contributed by atoms with Crippen molar-refractivity contribution in [2.45, 2.75) is 37.4 Å².